The molecule has 0 aliphatic heterocycles. The molecule has 1 N–H and O–H groups in total. The van der Waals surface area contributed by atoms with Gasteiger partial charge in [0.1, 0.15) is 11.5 Å². The van der Waals surface area contributed by atoms with Gasteiger partial charge >= 0.3 is 0 Å². The number of carbonyl (C=O) groups is 1. The van der Waals surface area contributed by atoms with Gasteiger partial charge in [0.15, 0.2) is 5.13 Å². The topological polar surface area (TPSA) is 60.5 Å². The highest BCUT2D eigenvalue weighted by atomic mass is 32.2. The average molecular weight is 367 g/mol. The molecule has 0 fully saturated rings. The van der Waals surface area contributed by atoms with Gasteiger partial charge in [-0.2, -0.15) is 0 Å². The molecule has 2 rings (SSSR count). The summed E-state index contributed by atoms with van der Waals surface area (Å²) in [7, 11) is 3.23. The standard InChI is InChI=1S/C17H22N2O3S2/c1-17(2,3)24-10-15(20)19-16-18-13(9-23-16)12-8-11(21-4)6-7-14(12)22-5/h6-9H,10H2,1-5H3,(H,18,19,20). The number of methoxy groups -OCH3 is 2. The van der Waals surface area contributed by atoms with E-state index in [2.05, 4.69) is 31.1 Å². The molecule has 0 saturated heterocycles. The number of aromatic nitrogens is 1. The second-order valence-corrected chi connectivity index (χ2v) is 8.71. The first-order chi connectivity index (χ1) is 11.3. The van der Waals surface area contributed by atoms with Crippen molar-refractivity contribution in [3.05, 3.63) is 23.6 Å². The van der Waals surface area contributed by atoms with Gasteiger partial charge in [-0.3, -0.25) is 4.79 Å². The average Bonchev–Trinajstić information content (AvgIpc) is 3.00. The Labute approximate surface area is 150 Å². The number of thiazole rings is 1. The van der Waals surface area contributed by atoms with Crippen molar-refractivity contribution in [2.45, 2.75) is 25.5 Å². The van der Waals surface area contributed by atoms with Crippen molar-refractivity contribution < 1.29 is 14.3 Å². The highest BCUT2D eigenvalue weighted by Gasteiger charge is 2.16. The van der Waals surface area contributed by atoms with Crippen LogP contribution in [-0.2, 0) is 4.79 Å². The maximum atomic E-state index is 12.0. The predicted molar refractivity (Wildman–Crippen MR) is 101 cm³/mol. The maximum Gasteiger partial charge on any atom is 0.236 e. The SMILES string of the molecule is COc1ccc(OC)c(-c2csc(NC(=O)CSC(C)(C)C)n2)c1. The number of anilines is 1. The normalized spacial score (nSPS) is 11.2. The Morgan fingerprint density at radius 1 is 1.29 bits per heavy atom. The van der Waals surface area contributed by atoms with Crippen LogP contribution in [0.25, 0.3) is 11.3 Å². The number of nitrogens with one attached hydrogen (secondary N) is 1. The number of hydrogen-bond acceptors (Lipinski definition) is 6. The van der Waals surface area contributed by atoms with E-state index in [1.807, 2.05) is 23.6 Å². The number of amides is 1. The molecule has 1 heterocycles. The summed E-state index contributed by atoms with van der Waals surface area (Å²) < 4.78 is 10.7. The van der Waals surface area contributed by atoms with E-state index in [9.17, 15) is 4.79 Å². The quantitative estimate of drug-likeness (QED) is 0.826. The highest BCUT2D eigenvalue weighted by molar-refractivity contribution is 8.01. The molecule has 0 aliphatic carbocycles. The van der Waals surface area contributed by atoms with Crippen molar-refractivity contribution in [3.8, 4) is 22.8 Å². The molecule has 0 spiro atoms. The van der Waals surface area contributed by atoms with E-state index in [0.29, 0.717) is 16.6 Å². The third kappa shape index (κ3) is 5.14. The fraction of sp³-hybridized carbons (Fsp3) is 0.412. The zero-order chi connectivity index (χ0) is 17.7. The van der Waals surface area contributed by atoms with Crippen molar-refractivity contribution in [3.63, 3.8) is 0 Å². The van der Waals surface area contributed by atoms with Gasteiger partial charge in [0.2, 0.25) is 5.91 Å². The zero-order valence-electron chi connectivity index (χ0n) is 14.5. The van der Waals surface area contributed by atoms with Gasteiger partial charge in [-0.15, -0.1) is 23.1 Å². The minimum absolute atomic E-state index is 0.0477. The lowest BCUT2D eigenvalue weighted by atomic mass is 10.1. The molecule has 24 heavy (non-hydrogen) atoms. The summed E-state index contributed by atoms with van der Waals surface area (Å²) in [6.07, 6.45) is 0. The van der Waals surface area contributed by atoms with E-state index in [0.717, 1.165) is 17.0 Å². The van der Waals surface area contributed by atoms with Gasteiger partial charge < -0.3 is 14.8 Å². The summed E-state index contributed by atoms with van der Waals surface area (Å²) in [5.41, 5.74) is 1.58. The monoisotopic (exact) mass is 366 g/mol. The Hall–Kier alpha value is -1.73. The summed E-state index contributed by atoms with van der Waals surface area (Å²) >= 11 is 2.99. The van der Waals surface area contributed by atoms with E-state index >= 15 is 0 Å². The number of carbonyl (C=O) groups excluding carboxylic acids is 1. The minimum atomic E-state index is -0.0477. The van der Waals surface area contributed by atoms with Crippen LogP contribution in [0.3, 0.4) is 0 Å². The molecule has 0 aliphatic rings. The Balaban J connectivity index is 2.12. The van der Waals surface area contributed by atoms with E-state index in [1.165, 1.54) is 11.3 Å². The van der Waals surface area contributed by atoms with E-state index in [1.54, 1.807) is 26.0 Å². The lowest BCUT2D eigenvalue weighted by Crippen LogP contribution is -2.18. The Morgan fingerprint density at radius 2 is 2.04 bits per heavy atom. The summed E-state index contributed by atoms with van der Waals surface area (Å²) in [5, 5.41) is 5.32. The van der Waals surface area contributed by atoms with Gasteiger partial charge in [0, 0.05) is 15.7 Å². The number of rotatable bonds is 6. The molecule has 0 bridgehead atoms. The predicted octanol–water partition coefficient (Wildman–Crippen LogP) is 4.30. The third-order valence-corrected chi connectivity index (χ3v) is 5.10. The molecule has 0 radical (unpaired) electrons. The van der Waals surface area contributed by atoms with Gasteiger partial charge in [0.25, 0.3) is 0 Å². The van der Waals surface area contributed by atoms with Crippen molar-refractivity contribution in [2.75, 3.05) is 25.3 Å². The Bertz CT molecular complexity index is 708. The highest BCUT2D eigenvalue weighted by Crippen LogP contribution is 2.35. The number of thioether (sulfide) groups is 1. The summed E-state index contributed by atoms with van der Waals surface area (Å²) in [6, 6.07) is 5.54. The molecule has 2 aromatic rings. The molecule has 0 saturated carbocycles. The minimum Gasteiger partial charge on any atom is -0.497 e. The van der Waals surface area contributed by atoms with Crippen LogP contribution in [0.1, 0.15) is 20.8 Å². The molecule has 0 atom stereocenters. The fourth-order valence-electron chi connectivity index (χ4n) is 1.91. The van der Waals surface area contributed by atoms with Crippen molar-refractivity contribution >= 4 is 34.1 Å². The summed E-state index contributed by atoms with van der Waals surface area (Å²) in [5.74, 6) is 1.79. The molecular formula is C17H22N2O3S2. The van der Waals surface area contributed by atoms with Crippen LogP contribution in [0.5, 0.6) is 11.5 Å². The molecular weight excluding hydrogens is 344 g/mol. The molecule has 1 aromatic heterocycles. The largest absolute Gasteiger partial charge is 0.497 e. The molecule has 7 heteroatoms. The first-order valence-electron chi connectivity index (χ1n) is 7.44. The van der Waals surface area contributed by atoms with Crippen LogP contribution in [0, 0.1) is 0 Å². The lowest BCUT2D eigenvalue weighted by molar-refractivity contribution is -0.113. The second kappa shape index (κ2) is 7.90. The molecule has 130 valence electrons. The van der Waals surface area contributed by atoms with Crippen LogP contribution < -0.4 is 14.8 Å². The van der Waals surface area contributed by atoms with Crippen LogP contribution in [-0.4, -0.2) is 35.6 Å². The van der Waals surface area contributed by atoms with Crippen molar-refractivity contribution in [1.29, 1.82) is 0 Å². The van der Waals surface area contributed by atoms with Gasteiger partial charge in [0.05, 0.1) is 25.7 Å². The number of nitrogens with zero attached hydrogens (tertiary/aromatic N) is 1. The maximum absolute atomic E-state index is 12.0. The first kappa shape index (κ1) is 18.6. The van der Waals surface area contributed by atoms with E-state index in [-0.39, 0.29) is 10.7 Å². The van der Waals surface area contributed by atoms with E-state index in [4.69, 9.17) is 9.47 Å². The molecule has 1 amide bonds. The number of hydrogen-bond donors (Lipinski definition) is 1. The fourth-order valence-corrected chi connectivity index (χ4v) is 3.27. The zero-order valence-corrected chi connectivity index (χ0v) is 16.1. The molecule has 1 aromatic carbocycles. The number of benzene rings is 1. The van der Waals surface area contributed by atoms with Crippen LogP contribution >= 0.6 is 23.1 Å². The summed E-state index contributed by atoms with van der Waals surface area (Å²) in [6.45, 7) is 6.25. The van der Waals surface area contributed by atoms with Crippen molar-refractivity contribution in [1.82, 2.24) is 4.98 Å². The Kier molecular flexibility index (Phi) is 6.12. The van der Waals surface area contributed by atoms with Gasteiger partial charge in [-0.05, 0) is 18.2 Å². The van der Waals surface area contributed by atoms with Gasteiger partial charge in [-0.25, -0.2) is 4.98 Å². The van der Waals surface area contributed by atoms with E-state index < -0.39 is 0 Å². The number of ether oxygens (including phenoxy) is 2. The first-order valence-corrected chi connectivity index (χ1v) is 9.30. The Morgan fingerprint density at radius 3 is 2.67 bits per heavy atom. The van der Waals surface area contributed by atoms with Crippen molar-refractivity contribution in [2.24, 2.45) is 0 Å². The van der Waals surface area contributed by atoms with Crippen LogP contribution in [0.2, 0.25) is 0 Å². The lowest BCUT2D eigenvalue weighted by Gasteiger charge is -2.16. The smallest absolute Gasteiger partial charge is 0.236 e. The molecule has 5 nitrogen and oxygen atoms in total. The van der Waals surface area contributed by atoms with Crippen LogP contribution in [0.4, 0.5) is 5.13 Å². The van der Waals surface area contributed by atoms with Gasteiger partial charge in [-0.1, -0.05) is 20.8 Å². The second-order valence-electron chi connectivity index (χ2n) is 6.05. The van der Waals surface area contributed by atoms with Crippen LogP contribution in [0.15, 0.2) is 23.6 Å². The molecule has 0 unspecified atom stereocenters. The third-order valence-electron chi connectivity index (χ3n) is 3.07. The summed E-state index contributed by atoms with van der Waals surface area (Å²) in [4.78, 5) is 16.5.